The minimum atomic E-state index is -0.261. The molecule has 2 aromatic carbocycles. The number of allylic oxidation sites excluding steroid dienone is 1. The van der Waals surface area contributed by atoms with Crippen molar-refractivity contribution in [3.63, 3.8) is 0 Å². The Morgan fingerprint density at radius 3 is 2.06 bits per heavy atom. The molecule has 0 aliphatic heterocycles. The van der Waals surface area contributed by atoms with Gasteiger partial charge in [-0.25, -0.2) is 4.79 Å². The molecule has 2 nitrogen and oxygen atoms in total. The molecule has 35 heavy (non-hydrogen) atoms. The summed E-state index contributed by atoms with van der Waals surface area (Å²) in [7, 11) is 0. The van der Waals surface area contributed by atoms with E-state index >= 15 is 0 Å². The van der Waals surface area contributed by atoms with Crippen LogP contribution in [0.2, 0.25) is 0 Å². The predicted molar refractivity (Wildman–Crippen MR) is 150 cm³/mol. The first-order valence-electron chi connectivity index (χ1n) is 13.7. The van der Waals surface area contributed by atoms with Crippen molar-refractivity contribution >= 4 is 17.6 Å². The number of hydrogen-bond acceptors (Lipinski definition) is 2. The molecule has 0 aromatic heterocycles. The van der Waals surface area contributed by atoms with Crippen molar-refractivity contribution in [1.29, 1.82) is 0 Å². The van der Waals surface area contributed by atoms with E-state index in [9.17, 15) is 4.79 Å². The van der Waals surface area contributed by atoms with E-state index < -0.39 is 0 Å². The first-order valence-corrected chi connectivity index (χ1v) is 13.7. The zero-order chi connectivity index (χ0) is 25.8. The van der Waals surface area contributed by atoms with E-state index in [0.29, 0.717) is 12.2 Å². The summed E-state index contributed by atoms with van der Waals surface area (Å²) in [6.45, 7) is 18.7. The van der Waals surface area contributed by atoms with Crippen molar-refractivity contribution < 1.29 is 9.53 Å². The monoisotopic (exact) mass is 474 g/mol. The van der Waals surface area contributed by atoms with Gasteiger partial charge in [-0.1, -0.05) is 84.7 Å². The molecule has 190 valence electrons. The molecule has 3 rings (SSSR count). The average molecular weight is 475 g/mol. The maximum atomic E-state index is 12.0. The van der Waals surface area contributed by atoms with Gasteiger partial charge >= 0.3 is 5.97 Å². The quantitative estimate of drug-likeness (QED) is 0.267. The standard InChI is InChI=1S/C33H46O2/c1-9-24(10-2)12-17-27-21-29-30(33(7,8)19-18-32(29,5)6)22-28(27)23(4)20-25-13-15-26(16-14-25)31(34)35-11-3/h13-16,20-22,24H,9-12,17-19H2,1-8H3. The first kappa shape index (κ1) is 27.2. The van der Waals surface area contributed by atoms with E-state index in [0.717, 1.165) is 17.9 Å². The molecule has 0 saturated heterocycles. The zero-order valence-electron chi connectivity index (χ0n) is 23.4. The van der Waals surface area contributed by atoms with Crippen LogP contribution in [-0.2, 0) is 22.0 Å². The third-order valence-corrected chi connectivity index (χ3v) is 8.28. The molecule has 0 saturated carbocycles. The van der Waals surface area contributed by atoms with Crippen molar-refractivity contribution in [3.05, 3.63) is 69.8 Å². The lowest BCUT2D eigenvalue weighted by molar-refractivity contribution is 0.0526. The van der Waals surface area contributed by atoms with Crippen LogP contribution in [0.1, 0.15) is 126 Å². The summed E-state index contributed by atoms with van der Waals surface area (Å²) in [6, 6.07) is 12.8. The summed E-state index contributed by atoms with van der Waals surface area (Å²) >= 11 is 0. The third-order valence-electron chi connectivity index (χ3n) is 8.28. The number of ether oxygens (including phenoxy) is 1. The van der Waals surface area contributed by atoms with Crippen LogP contribution in [0.25, 0.3) is 11.6 Å². The van der Waals surface area contributed by atoms with E-state index in [-0.39, 0.29) is 16.8 Å². The van der Waals surface area contributed by atoms with E-state index in [4.69, 9.17) is 4.74 Å². The van der Waals surface area contributed by atoms with E-state index in [1.165, 1.54) is 54.4 Å². The number of rotatable bonds is 9. The zero-order valence-corrected chi connectivity index (χ0v) is 23.4. The molecule has 2 heteroatoms. The predicted octanol–water partition coefficient (Wildman–Crippen LogP) is 9.14. The Kier molecular flexibility index (Phi) is 8.67. The maximum absolute atomic E-state index is 12.0. The minimum Gasteiger partial charge on any atom is -0.462 e. The second-order valence-electron chi connectivity index (χ2n) is 11.7. The highest BCUT2D eigenvalue weighted by Crippen LogP contribution is 2.47. The number of aryl methyl sites for hydroxylation is 1. The Morgan fingerprint density at radius 2 is 1.51 bits per heavy atom. The summed E-state index contributed by atoms with van der Waals surface area (Å²) in [6.07, 6.45) is 9.58. The second-order valence-corrected chi connectivity index (χ2v) is 11.7. The number of carbonyl (C=O) groups is 1. The molecular weight excluding hydrogens is 428 g/mol. The van der Waals surface area contributed by atoms with E-state index in [1.807, 2.05) is 31.2 Å². The van der Waals surface area contributed by atoms with Crippen LogP contribution in [0, 0.1) is 5.92 Å². The molecule has 0 unspecified atom stereocenters. The summed E-state index contributed by atoms with van der Waals surface area (Å²) < 4.78 is 5.13. The van der Waals surface area contributed by atoms with Gasteiger partial charge in [-0.15, -0.1) is 0 Å². The Balaban J connectivity index is 2.05. The van der Waals surface area contributed by atoms with Crippen molar-refractivity contribution in [2.75, 3.05) is 6.61 Å². The number of esters is 1. The van der Waals surface area contributed by atoms with Crippen molar-refractivity contribution in [3.8, 4) is 0 Å². The van der Waals surface area contributed by atoms with Gasteiger partial charge in [0.15, 0.2) is 0 Å². The van der Waals surface area contributed by atoms with Crippen LogP contribution in [-0.4, -0.2) is 12.6 Å². The molecule has 0 atom stereocenters. The second kappa shape index (κ2) is 11.1. The molecule has 0 bridgehead atoms. The van der Waals surface area contributed by atoms with Crippen molar-refractivity contribution in [2.24, 2.45) is 5.92 Å². The Labute approximate surface area is 214 Å². The normalized spacial score (nSPS) is 16.8. The average Bonchev–Trinajstić information content (AvgIpc) is 2.83. The fourth-order valence-corrected chi connectivity index (χ4v) is 5.55. The number of hydrogen-bond donors (Lipinski definition) is 0. The van der Waals surface area contributed by atoms with Crippen LogP contribution >= 0.6 is 0 Å². The van der Waals surface area contributed by atoms with Crippen LogP contribution < -0.4 is 0 Å². The smallest absolute Gasteiger partial charge is 0.338 e. The van der Waals surface area contributed by atoms with Crippen molar-refractivity contribution in [1.82, 2.24) is 0 Å². The molecule has 1 aliphatic carbocycles. The van der Waals surface area contributed by atoms with Gasteiger partial charge in [0.2, 0.25) is 0 Å². The molecule has 0 heterocycles. The largest absolute Gasteiger partial charge is 0.462 e. The molecule has 2 aromatic rings. The van der Waals surface area contributed by atoms with Gasteiger partial charge in [0.1, 0.15) is 0 Å². The lowest BCUT2D eigenvalue weighted by atomic mass is 9.62. The summed E-state index contributed by atoms with van der Waals surface area (Å²) in [5.74, 6) is 0.519. The lowest BCUT2D eigenvalue weighted by Gasteiger charge is -2.42. The van der Waals surface area contributed by atoms with Gasteiger partial charge < -0.3 is 4.74 Å². The number of carbonyl (C=O) groups excluding carboxylic acids is 1. The first-order chi connectivity index (χ1) is 16.5. The van der Waals surface area contributed by atoms with E-state index in [1.54, 1.807) is 5.56 Å². The highest BCUT2D eigenvalue weighted by atomic mass is 16.5. The summed E-state index contributed by atoms with van der Waals surface area (Å²) in [4.78, 5) is 12.0. The van der Waals surface area contributed by atoms with Gasteiger partial charge in [-0.2, -0.15) is 0 Å². The molecular formula is C33H46O2. The van der Waals surface area contributed by atoms with Crippen molar-refractivity contribution in [2.45, 2.75) is 105 Å². The minimum absolute atomic E-state index is 0.190. The van der Waals surface area contributed by atoms with Gasteiger partial charge in [-0.05, 0) is 102 Å². The number of fused-ring (bicyclic) bond motifs is 1. The molecule has 0 amide bonds. The Bertz CT molecular complexity index is 1050. The molecule has 0 fully saturated rings. The van der Waals surface area contributed by atoms with Gasteiger partial charge in [0, 0.05) is 0 Å². The highest BCUT2D eigenvalue weighted by Gasteiger charge is 2.37. The van der Waals surface area contributed by atoms with Crippen LogP contribution in [0.3, 0.4) is 0 Å². The maximum Gasteiger partial charge on any atom is 0.338 e. The summed E-state index contributed by atoms with van der Waals surface area (Å²) in [5.41, 5.74) is 9.33. The van der Waals surface area contributed by atoms with Crippen LogP contribution in [0.4, 0.5) is 0 Å². The van der Waals surface area contributed by atoms with Gasteiger partial charge in [0.25, 0.3) is 0 Å². The molecule has 1 aliphatic rings. The highest BCUT2D eigenvalue weighted by molar-refractivity contribution is 5.90. The summed E-state index contributed by atoms with van der Waals surface area (Å²) in [5, 5.41) is 0. The molecule has 0 N–H and O–H groups in total. The lowest BCUT2D eigenvalue weighted by Crippen LogP contribution is -2.34. The SMILES string of the molecule is CCOC(=O)c1ccc(C=C(C)c2cc3c(cc2CCC(CC)CC)C(C)(C)CCC3(C)C)cc1. The van der Waals surface area contributed by atoms with E-state index in [2.05, 4.69) is 66.7 Å². The molecule has 0 radical (unpaired) electrons. The fraction of sp³-hybridized carbons (Fsp3) is 0.545. The van der Waals surface area contributed by atoms with Crippen LogP contribution in [0.15, 0.2) is 36.4 Å². The topological polar surface area (TPSA) is 26.3 Å². The fourth-order valence-electron chi connectivity index (χ4n) is 5.55. The van der Waals surface area contributed by atoms with Crippen LogP contribution in [0.5, 0.6) is 0 Å². The van der Waals surface area contributed by atoms with Gasteiger partial charge in [0.05, 0.1) is 12.2 Å². The Hall–Kier alpha value is -2.35. The molecule has 0 spiro atoms. The Morgan fingerprint density at radius 1 is 0.943 bits per heavy atom. The number of benzene rings is 2. The van der Waals surface area contributed by atoms with Gasteiger partial charge in [-0.3, -0.25) is 0 Å². The third kappa shape index (κ3) is 6.26.